The molecule has 3 aromatic rings. The molecule has 1 aromatic heterocycles. The minimum absolute atomic E-state index is 0.0149. The van der Waals surface area contributed by atoms with Gasteiger partial charge in [0.2, 0.25) is 0 Å². The van der Waals surface area contributed by atoms with Gasteiger partial charge < -0.3 is 14.8 Å². The van der Waals surface area contributed by atoms with Gasteiger partial charge in [0.05, 0.1) is 36.9 Å². The van der Waals surface area contributed by atoms with E-state index in [1.165, 1.54) is 0 Å². The van der Waals surface area contributed by atoms with Crippen LogP contribution < -0.4 is 10.1 Å². The Morgan fingerprint density at radius 1 is 1.14 bits per heavy atom. The third-order valence-electron chi connectivity index (χ3n) is 4.82. The number of rotatable bonds is 6. The topological polar surface area (TPSA) is 77.5 Å². The van der Waals surface area contributed by atoms with Gasteiger partial charge in [-0.3, -0.25) is 14.6 Å². The number of para-hydroxylation sites is 1. The zero-order valence-corrected chi connectivity index (χ0v) is 17.0. The number of methoxy groups -OCH3 is 1. The number of ether oxygens (including phenoxy) is 2. The molecule has 0 atom stereocenters. The van der Waals surface area contributed by atoms with E-state index in [1.54, 1.807) is 26.3 Å². The molecular weight excluding hydrogens is 368 g/mol. The number of carbonyl (C=O) groups excluding carboxylic acids is 2. The summed E-state index contributed by atoms with van der Waals surface area (Å²) in [4.78, 5) is 29.8. The zero-order chi connectivity index (χ0) is 21.0. The number of esters is 1. The quantitative estimate of drug-likeness (QED) is 0.636. The lowest BCUT2D eigenvalue weighted by molar-refractivity contribution is -0.142. The maximum Gasteiger partial charge on any atom is 0.310 e. The van der Waals surface area contributed by atoms with Gasteiger partial charge in [-0.2, -0.15) is 0 Å². The predicted octanol–water partition coefficient (Wildman–Crippen LogP) is 4.22. The van der Waals surface area contributed by atoms with Gasteiger partial charge in [0.1, 0.15) is 5.75 Å². The molecule has 3 rings (SSSR count). The standard InChI is InChI=1S/C23H24N2O4/c1-5-29-20(26)13-17-14(2)12-19(28-4)15(3)21(17)23(27)25-18-10-6-8-16-9-7-11-24-22(16)18/h6-12H,5,13H2,1-4H3,(H,25,27). The van der Waals surface area contributed by atoms with Gasteiger partial charge in [-0.25, -0.2) is 0 Å². The summed E-state index contributed by atoms with van der Waals surface area (Å²) in [5.41, 5.74) is 3.82. The molecule has 29 heavy (non-hydrogen) atoms. The van der Waals surface area contributed by atoms with Crippen molar-refractivity contribution in [1.82, 2.24) is 4.98 Å². The van der Waals surface area contributed by atoms with Crippen LogP contribution in [0.2, 0.25) is 0 Å². The summed E-state index contributed by atoms with van der Waals surface area (Å²) >= 11 is 0. The second kappa shape index (κ2) is 8.73. The van der Waals surface area contributed by atoms with Gasteiger partial charge in [0.25, 0.3) is 5.91 Å². The lowest BCUT2D eigenvalue weighted by atomic mass is 9.93. The first-order valence-corrected chi connectivity index (χ1v) is 9.44. The van der Waals surface area contributed by atoms with Crippen LogP contribution in [0, 0.1) is 13.8 Å². The molecule has 0 aliphatic rings. The largest absolute Gasteiger partial charge is 0.496 e. The molecule has 2 aromatic carbocycles. The number of aryl methyl sites for hydroxylation is 1. The Morgan fingerprint density at radius 3 is 2.62 bits per heavy atom. The van der Waals surface area contributed by atoms with E-state index in [4.69, 9.17) is 9.47 Å². The SMILES string of the molecule is CCOC(=O)Cc1c(C)cc(OC)c(C)c1C(=O)Nc1cccc2cccnc12. The summed E-state index contributed by atoms with van der Waals surface area (Å²) in [6, 6.07) is 11.2. The first-order valence-electron chi connectivity index (χ1n) is 9.44. The van der Waals surface area contributed by atoms with Crippen molar-refractivity contribution < 1.29 is 19.1 Å². The molecule has 0 spiro atoms. The van der Waals surface area contributed by atoms with Crippen LogP contribution in [0.5, 0.6) is 5.75 Å². The number of anilines is 1. The Hall–Kier alpha value is -3.41. The normalized spacial score (nSPS) is 10.6. The average Bonchev–Trinajstić information content (AvgIpc) is 2.71. The summed E-state index contributed by atoms with van der Waals surface area (Å²) in [6.45, 7) is 5.71. The van der Waals surface area contributed by atoms with Crippen molar-refractivity contribution in [3.63, 3.8) is 0 Å². The van der Waals surface area contributed by atoms with Gasteiger partial charge in [-0.15, -0.1) is 0 Å². The zero-order valence-electron chi connectivity index (χ0n) is 17.0. The van der Waals surface area contributed by atoms with Gasteiger partial charge in [0.15, 0.2) is 0 Å². The highest BCUT2D eigenvalue weighted by molar-refractivity contribution is 6.10. The highest BCUT2D eigenvalue weighted by Crippen LogP contribution is 2.30. The highest BCUT2D eigenvalue weighted by Gasteiger charge is 2.23. The number of pyridine rings is 1. The van der Waals surface area contributed by atoms with Crippen LogP contribution in [0.25, 0.3) is 10.9 Å². The second-order valence-corrected chi connectivity index (χ2v) is 6.69. The van der Waals surface area contributed by atoms with Crippen LogP contribution in [0.1, 0.15) is 34.0 Å². The van der Waals surface area contributed by atoms with E-state index in [2.05, 4.69) is 10.3 Å². The maximum atomic E-state index is 13.3. The molecule has 0 saturated heterocycles. The van der Waals surface area contributed by atoms with Crippen molar-refractivity contribution in [3.8, 4) is 5.75 Å². The van der Waals surface area contributed by atoms with E-state index in [9.17, 15) is 9.59 Å². The van der Waals surface area contributed by atoms with Crippen LogP contribution in [0.15, 0.2) is 42.6 Å². The van der Waals surface area contributed by atoms with Gasteiger partial charge in [-0.05, 0) is 50.1 Å². The number of carbonyl (C=O) groups is 2. The lowest BCUT2D eigenvalue weighted by Gasteiger charge is -2.18. The number of nitrogens with zero attached hydrogens (tertiary/aromatic N) is 1. The number of benzene rings is 2. The molecule has 1 N–H and O–H groups in total. The van der Waals surface area contributed by atoms with Crippen LogP contribution in [-0.4, -0.2) is 30.6 Å². The highest BCUT2D eigenvalue weighted by atomic mass is 16.5. The van der Waals surface area contributed by atoms with Crippen molar-refractivity contribution in [2.75, 3.05) is 19.0 Å². The van der Waals surface area contributed by atoms with E-state index in [0.717, 1.165) is 10.9 Å². The van der Waals surface area contributed by atoms with Crippen LogP contribution >= 0.6 is 0 Å². The first kappa shape index (κ1) is 20.3. The number of amides is 1. The second-order valence-electron chi connectivity index (χ2n) is 6.69. The minimum Gasteiger partial charge on any atom is -0.496 e. The molecule has 1 amide bonds. The molecule has 0 radical (unpaired) electrons. The summed E-state index contributed by atoms with van der Waals surface area (Å²) in [5.74, 6) is -0.0979. The fraction of sp³-hybridized carbons (Fsp3) is 0.261. The Bertz CT molecular complexity index is 1070. The smallest absolute Gasteiger partial charge is 0.310 e. The third-order valence-corrected chi connectivity index (χ3v) is 4.82. The molecule has 1 heterocycles. The Kier molecular flexibility index (Phi) is 6.12. The fourth-order valence-corrected chi connectivity index (χ4v) is 3.43. The molecule has 0 aliphatic carbocycles. The Labute approximate surface area is 169 Å². The minimum atomic E-state index is -0.374. The average molecular weight is 392 g/mol. The predicted molar refractivity (Wildman–Crippen MR) is 113 cm³/mol. The van der Waals surface area contributed by atoms with Crippen molar-refractivity contribution in [3.05, 3.63) is 64.8 Å². The Balaban J connectivity index is 2.06. The van der Waals surface area contributed by atoms with E-state index in [0.29, 0.717) is 33.6 Å². The van der Waals surface area contributed by atoms with Crippen LogP contribution in [0.4, 0.5) is 5.69 Å². The fourth-order valence-electron chi connectivity index (χ4n) is 3.43. The van der Waals surface area contributed by atoms with Gasteiger partial charge in [0, 0.05) is 17.1 Å². The molecule has 0 fully saturated rings. The monoisotopic (exact) mass is 392 g/mol. The summed E-state index contributed by atoms with van der Waals surface area (Å²) in [6.07, 6.45) is 1.70. The lowest BCUT2D eigenvalue weighted by Crippen LogP contribution is -2.20. The number of aromatic nitrogens is 1. The van der Waals surface area contributed by atoms with Crippen LogP contribution in [-0.2, 0) is 16.0 Å². The van der Waals surface area contributed by atoms with E-state index < -0.39 is 0 Å². The van der Waals surface area contributed by atoms with Crippen LogP contribution in [0.3, 0.4) is 0 Å². The molecule has 150 valence electrons. The van der Waals surface area contributed by atoms with E-state index >= 15 is 0 Å². The molecule has 6 nitrogen and oxygen atoms in total. The number of nitrogens with one attached hydrogen (secondary N) is 1. The molecule has 6 heteroatoms. The third kappa shape index (κ3) is 4.21. The number of hydrogen-bond donors (Lipinski definition) is 1. The Morgan fingerprint density at radius 2 is 1.90 bits per heavy atom. The first-order chi connectivity index (χ1) is 14.0. The number of hydrogen-bond acceptors (Lipinski definition) is 5. The van der Waals surface area contributed by atoms with Crippen molar-refractivity contribution in [1.29, 1.82) is 0 Å². The molecular formula is C23H24N2O4. The number of fused-ring (bicyclic) bond motifs is 1. The summed E-state index contributed by atoms with van der Waals surface area (Å²) in [5, 5.41) is 3.88. The van der Waals surface area contributed by atoms with Gasteiger partial charge in [-0.1, -0.05) is 18.2 Å². The van der Waals surface area contributed by atoms with E-state index in [1.807, 2.05) is 44.2 Å². The summed E-state index contributed by atoms with van der Waals surface area (Å²) < 4.78 is 10.5. The maximum absolute atomic E-state index is 13.3. The molecule has 0 unspecified atom stereocenters. The molecule has 0 aliphatic heterocycles. The van der Waals surface area contributed by atoms with Crippen molar-refractivity contribution in [2.45, 2.75) is 27.2 Å². The molecule has 0 bridgehead atoms. The molecule has 0 saturated carbocycles. The van der Waals surface area contributed by atoms with Gasteiger partial charge >= 0.3 is 5.97 Å². The summed E-state index contributed by atoms with van der Waals surface area (Å²) in [7, 11) is 1.56. The van der Waals surface area contributed by atoms with Crippen molar-refractivity contribution in [2.24, 2.45) is 0 Å². The van der Waals surface area contributed by atoms with E-state index in [-0.39, 0.29) is 24.9 Å². The van der Waals surface area contributed by atoms with Crippen molar-refractivity contribution >= 4 is 28.5 Å².